The molecule has 0 unspecified atom stereocenters. The second kappa shape index (κ2) is 5.39. The van der Waals surface area contributed by atoms with Gasteiger partial charge in [0.15, 0.2) is 0 Å². The van der Waals surface area contributed by atoms with Crippen molar-refractivity contribution >= 4 is 11.4 Å². The average Bonchev–Trinajstić information content (AvgIpc) is 2.40. The molecular weight excluding hydrogens is 244 g/mol. The van der Waals surface area contributed by atoms with Crippen LogP contribution in [-0.2, 0) is 0 Å². The number of ether oxygens (including phenoxy) is 1. The van der Waals surface area contributed by atoms with Crippen LogP contribution in [0.3, 0.4) is 0 Å². The molecule has 0 saturated carbocycles. The van der Waals surface area contributed by atoms with Crippen LogP contribution in [0.2, 0.25) is 0 Å². The van der Waals surface area contributed by atoms with Crippen LogP contribution in [0.1, 0.15) is 5.56 Å². The van der Waals surface area contributed by atoms with Crippen LogP contribution in [0, 0.1) is 17.0 Å². The van der Waals surface area contributed by atoms with Gasteiger partial charge in [-0.05, 0) is 30.7 Å². The highest BCUT2D eigenvalue weighted by molar-refractivity contribution is 5.68. The molecule has 2 rings (SSSR count). The van der Waals surface area contributed by atoms with Gasteiger partial charge in [0.05, 0.1) is 4.92 Å². The molecule has 98 valence electrons. The monoisotopic (exact) mass is 258 g/mol. The summed E-state index contributed by atoms with van der Waals surface area (Å²) in [4.78, 5) is 10.7. The van der Waals surface area contributed by atoms with Gasteiger partial charge in [0, 0.05) is 7.05 Å². The third kappa shape index (κ3) is 2.65. The van der Waals surface area contributed by atoms with E-state index >= 15 is 0 Å². The number of benzene rings is 2. The molecule has 5 nitrogen and oxygen atoms in total. The van der Waals surface area contributed by atoms with E-state index in [1.54, 1.807) is 31.3 Å². The largest absolute Gasteiger partial charge is 0.450 e. The molecule has 2 aromatic carbocycles. The van der Waals surface area contributed by atoms with E-state index in [-0.39, 0.29) is 11.4 Å². The van der Waals surface area contributed by atoms with Crippen LogP contribution in [-0.4, -0.2) is 12.0 Å². The maximum atomic E-state index is 11.2. The summed E-state index contributed by atoms with van der Waals surface area (Å²) in [5.41, 5.74) is 1.29. The Balaban J connectivity index is 2.46. The second-order valence-corrected chi connectivity index (χ2v) is 4.03. The highest BCUT2D eigenvalue weighted by Crippen LogP contribution is 2.37. The third-order valence-corrected chi connectivity index (χ3v) is 2.76. The number of hydrogen-bond acceptors (Lipinski definition) is 4. The van der Waals surface area contributed by atoms with Crippen molar-refractivity contribution < 1.29 is 9.66 Å². The van der Waals surface area contributed by atoms with Crippen molar-refractivity contribution in [2.24, 2.45) is 0 Å². The maximum Gasteiger partial charge on any atom is 0.334 e. The van der Waals surface area contributed by atoms with E-state index in [1.165, 1.54) is 0 Å². The van der Waals surface area contributed by atoms with E-state index in [0.717, 1.165) is 5.56 Å². The number of aryl methyl sites for hydroxylation is 1. The van der Waals surface area contributed by atoms with Crippen molar-refractivity contribution in [1.82, 2.24) is 0 Å². The molecule has 0 bridgehead atoms. The van der Waals surface area contributed by atoms with Crippen LogP contribution in [0.25, 0.3) is 0 Å². The number of rotatable bonds is 4. The smallest absolute Gasteiger partial charge is 0.334 e. The number of nitro groups is 1. The first-order chi connectivity index (χ1) is 9.13. The van der Waals surface area contributed by atoms with Crippen LogP contribution in [0.15, 0.2) is 42.5 Å². The molecule has 0 aliphatic carbocycles. The number of nitrogens with one attached hydrogen (secondary N) is 1. The Morgan fingerprint density at radius 2 is 1.79 bits per heavy atom. The molecule has 2 aromatic rings. The van der Waals surface area contributed by atoms with E-state index < -0.39 is 4.92 Å². The molecule has 1 N–H and O–H groups in total. The van der Waals surface area contributed by atoms with Crippen molar-refractivity contribution in [3.63, 3.8) is 0 Å². The average molecular weight is 258 g/mol. The van der Waals surface area contributed by atoms with Gasteiger partial charge in [-0.2, -0.15) is 0 Å². The van der Waals surface area contributed by atoms with Gasteiger partial charge in [-0.3, -0.25) is 10.1 Å². The molecule has 0 fully saturated rings. The van der Waals surface area contributed by atoms with Crippen molar-refractivity contribution in [2.75, 3.05) is 12.4 Å². The van der Waals surface area contributed by atoms with Gasteiger partial charge >= 0.3 is 5.69 Å². The molecule has 0 heterocycles. The quantitative estimate of drug-likeness (QED) is 0.670. The predicted molar refractivity (Wildman–Crippen MR) is 73.9 cm³/mol. The van der Waals surface area contributed by atoms with Gasteiger partial charge in [-0.1, -0.05) is 24.3 Å². The summed E-state index contributed by atoms with van der Waals surface area (Å²) >= 11 is 0. The van der Waals surface area contributed by atoms with Gasteiger partial charge in [-0.15, -0.1) is 0 Å². The summed E-state index contributed by atoms with van der Waals surface area (Å²) in [6, 6.07) is 12.3. The molecule has 0 aromatic heterocycles. The topological polar surface area (TPSA) is 64.4 Å². The zero-order valence-corrected chi connectivity index (χ0v) is 10.7. The summed E-state index contributed by atoms with van der Waals surface area (Å²) in [5.74, 6) is 0.838. The van der Waals surface area contributed by atoms with Crippen molar-refractivity contribution in [2.45, 2.75) is 6.92 Å². The Labute approximate surface area is 111 Å². The Hall–Kier alpha value is -2.56. The highest BCUT2D eigenvalue weighted by atomic mass is 16.6. The van der Waals surface area contributed by atoms with Crippen LogP contribution < -0.4 is 10.1 Å². The second-order valence-electron chi connectivity index (χ2n) is 4.03. The molecule has 0 aliphatic rings. The lowest BCUT2D eigenvalue weighted by atomic mass is 10.2. The summed E-state index contributed by atoms with van der Waals surface area (Å²) in [7, 11) is 1.64. The van der Waals surface area contributed by atoms with Crippen molar-refractivity contribution in [3.05, 3.63) is 58.1 Å². The molecule has 5 heteroatoms. The van der Waals surface area contributed by atoms with E-state index in [4.69, 9.17) is 4.74 Å². The zero-order valence-electron chi connectivity index (χ0n) is 10.7. The van der Waals surface area contributed by atoms with Gasteiger partial charge in [0.2, 0.25) is 5.75 Å². The number of hydrogen-bond donors (Lipinski definition) is 1. The zero-order chi connectivity index (χ0) is 13.8. The molecular formula is C14H14N2O3. The summed E-state index contributed by atoms with van der Waals surface area (Å²) in [5, 5.41) is 14.0. The molecule has 0 saturated heterocycles. The summed E-state index contributed by atoms with van der Waals surface area (Å²) < 4.78 is 5.66. The SMILES string of the molecule is CNc1cccc(Oc2ccccc2C)c1[N+](=O)[O-]. The highest BCUT2D eigenvalue weighted by Gasteiger charge is 2.21. The van der Waals surface area contributed by atoms with Crippen LogP contribution >= 0.6 is 0 Å². The number of anilines is 1. The fourth-order valence-electron chi connectivity index (χ4n) is 1.78. The van der Waals surface area contributed by atoms with E-state index in [2.05, 4.69) is 5.32 Å². The molecule has 0 radical (unpaired) electrons. The van der Waals surface area contributed by atoms with Crippen molar-refractivity contribution in [1.29, 1.82) is 0 Å². The minimum atomic E-state index is -0.445. The fraction of sp³-hybridized carbons (Fsp3) is 0.143. The number of nitro benzene ring substituents is 1. The standard InChI is InChI=1S/C14H14N2O3/c1-10-6-3-4-8-12(10)19-13-9-5-7-11(15-2)14(13)16(17)18/h3-9,15H,1-2H3. The molecule has 0 spiro atoms. The van der Waals surface area contributed by atoms with Crippen LogP contribution in [0.4, 0.5) is 11.4 Å². The van der Waals surface area contributed by atoms with Gasteiger partial charge in [0.25, 0.3) is 0 Å². The predicted octanol–water partition coefficient (Wildman–Crippen LogP) is 3.74. The summed E-state index contributed by atoms with van der Waals surface area (Å²) in [6.07, 6.45) is 0. The van der Waals surface area contributed by atoms with E-state index in [9.17, 15) is 10.1 Å². The first kappa shape index (κ1) is 12.9. The minimum absolute atomic E-state index is 0.0618. The lowest BCUT2D eigenvalue weighted by Gasteiger charge is -2.10. The van der Waals surface area contributed by atoms with E-state index in [0.29, 0.717) is 11.4 Å². The van der Waals surface area contributed by atoms with E-state index in [1.807, 2.05) is 25.1 Å². The van der Waals surface area contributed by atoms with Gasteiger partial charge in [-0.25, -0.2) is 0 Å². The normalized spacial score (nSPS) is 10.0. The Morgan fingerprint density at radius 3 is 2.42 bits per heavy atom. The molecule has 0 atom stereocenters. The Morgan fingerprint density at radius 1 is 1.11 bits per heavy atom. The molecule has 19 heavy (non-hydrogen) atoms. The first-order valence-corrected chi connectivity index (χ1v) is 5.82. The summed E-state index contributed by atoms with van der Waals surface area (Å²) in [6.45, 7) is 1.89. The number of nitrogens with zero attached hydrogens (tertiary/aromatic N) is 1. The third-order valence-electron chi connectivity index (χ3n) is 2.76. The van der Waals surface area contributed by atoms with Gasteiger partial charge < -0.3 is 10.1 Å². The lowest BCUT2D eigenvalue weighted by molar-refractivity contribution is -0.384. The van der Waals surface area contributed by atoms with Gasteiger partial charge in [0.1, 0.15) is 11.4 Å². The Bertz CT molecular complexity index is 611. The molecule has 0 amide bonds. The fourth-order valence-corrected chi connectivity index (χ4v) is 1.78. The minimum Gasteiger partial charge on any atom is -0.450 e. The Kier molecular flexibility index (Phi) is 3.66. The molecule has 0 aliphatic heterocycles. The van der Waals surface area contributed by atoms with Crippen molar-refractivity contribution in [3.8, 4) is 11.5 Å². The lowest BCUT2D eigenvalue weighted by Crippen LogP contribution is -1.99. The van der Waals surface area contributed by atoms with Crippen LogP contribution in [0.5, 0.6) is 11.5 Å². The first-order valence-electron chi connectivity index (χ1n) is 5.82. The maximum absolute atomic E-state index is 11.2. The number of para-hydroxylation sites is 2.